The first-order valence-corrected chi connectivity index (χ1v) is 9.47. The summed E-state index contributed by atoms with van der Waals surface area (Å²) in [5.74, 6) is -0.232. The van der Waals surface area contributed by atoms with Crippen LogP contribution in [0.3, 0.4) is 0 Å². The molecule has 0 saturated carbocycles. The molecule has 3 rings (SSSR count). The van der Waals surface area contributed by atoms with Crippen LogP contribution in [-0.2, 0) is 19.5 Å². The van der Waals surface area contributed by atoms with Crippen LogP contribution in [0, 0.1) is 0 Å². The molecule has 2 heterocycles. The van der Waals surface area contributed by atoms with Crippen molar-refractivity contribution >= 4 is 15.9 Å². The molecular formula is C16H22N2O5S. The lowest BCUT2D eigenvalue weighted by Crippen LogP contribution is -2.42. The van der Waals surface area contributed by atoms with E-state index < -0.39 is 10.0 Å². The summed E-state index contributed by atoms with van der Waals surface area (Å²) in [6.45, 7) is 3.04. The normalized spacial score (nSPS) is 22.0. The van der Waals surface area contributed by atoms with Crippen molar-refractivity contribution in [3.8, 4) is 0 Å². The number of hydrogen-bond donors (Lipinski definition) is 0. The zero-order valence-electron chi connectivity index (χ0n) is 13.7. The number of rotatable bonds is 5. The highest BCUT2D eigenvalue weighted by Gasteiger charge is 2.30. The van der Waals surface area contributed by atoms with Gasteiger partial charge in [0.25, 0.3) is 5.91 Å². The topological polar surface area (TPSA) is 76.1 Å². The van der Waals surface area contributed by atoms with E-state index in [1.54, 1.807) is 19.2 Å². The van der Waals surface area contributed by atoms with Crippen molar-refractivity contribution in [2.45, 2.75) is 17.4 Å². The van der Waals surface area contributed by atoms with Crippen molar-refractivity contribution in [2.75, 3.05) is 46.5 Å². The predicted octanol–water partition coefficient (Wildman–Crippen LogP) is 0.568. The van der Waals surface area contributed by atoms with E-state index in [4.69, 9.17) is 9.47 Å². The Morgan fingerprint density at radius 3 is 2.75 bits per heavy atom. The van der Waals surface area contributed by atoms with E-state index in [9.17, 15) is 13.2 Å². The molecule has 24 heavy (non-hydrogen) atoms. The summed E-state index contributed by atoms with van der Waals surface area (Å²) >= 11 is 0. The molecular weight excluding hydrogens is 332 g/mol. The quantitative estimate of drug-likeness (QED) is 0.773. The smallest absolute Gasteiger partial charge is 0.253 e. The number of sulfonamides is 1. The maximum atomic E-state index is 12.6. The third-order valence-electron chi connectivity index (χ3n) is 4.24. The van der Waals surface area contributed by atoms with Crippen LogP contribution in [0.1, 0.15) is 16.8 Å². The van der Waals surface area contributed by atoms with Gasteiger partial charge in [-0.2, -0.15) is 4.31 Å². The number of amides is 1. The molecule has 2 fully saturated rings. The Balaban J connectivity index is 1.71. The third kappa shape index (κ3) is 3.61. The Hall–Kier alpha value is -1.48. The first kappa shape index (κ1) is 17.3. The van der Waals surface area contributed by atoms with Gasteiger partial charge >= 0.3 is 0 Å². The molecule has 1 atom stereocenters. The van der Waals surface area contributed by atoms with Gasteiger partial charge in [0, 0.05) is 32.2 Å². The van der Waals surface area contributed by atoms with Gasteiger partial charge in [0.15, 0.2) is 0 Å². The maximum Gasteiger partial charge on any atom is 0.253 e. The van der Waals surface area contributed by atoms with E-state index in [-0.39, 0.29) is 16.9 Å². The Labute approximate surface area is 142 Å². The van der Waals surface area contributed by atoms with Gasteiger partial charge in [-0.1, -0.05) is 6.07 Å². The van der Waals surface area contributed by atoms with Gasteiger partial charge in [-0.25, -0.2) is 8.42 Å². The summed E-state index contributed by atoms with van der Waals surface area (Å²) in [6.07, 6.45) is 0.727. The summed E-state index contributed by atoms with van der Waals surface area (Å²) in [4.78, 5) is 14.3. The monoisotopic (exact) mass is 354 g/mol. The first-order chi connectivity index (χ1) is 11.5. The molecule has 0 aromatic heterocycles. The first-order valence-electron chi connectivity index (χ1n) is 8.03. The van der Waals surface area contributed by atoms with Crippen molar-refractivity contribution in [3.05, 3.63) is 29.8 Å². The van der Waals surface area contributed by atoms with Crippen LogP contribution < -0.4 is 0 Å². The standard InChI is InChI=1S/C16H22N2O5S/c1-17(11-14-12-22-8-9-23-14)16(19)13-4-2-5-15(10-13)24(20,21)18-6-3-7-18/h2,4-5,10,14H,3,6-9,11-12H2,1H3. The van der Waals surface area contributed by atoms with Crippen molar-refractivity contribution in [3.63, 3.8) is 0 Å². The van der Waals surface area contributed by atoms with Gasteiger partial charge in [0.2, 0.25) is 10.0 Å². The van der Waals surface area contributed by atoms with Gasteiger partial charge in [0.05, 0.1) is 30.8 Å². The van der Waals surface area contributed by atoms with E-state index in [0.717, 1.165) is 6.42 Å². The van der Waals surface area contributed by atoms with Crippen LogP contribution in [0.4, 0.5) is 0 Å². The SMILES string of the molecule is CN(CC1COCCO1)C(=O)c1cccc(S(=O)(=O)N2CCC2)c1. The molecule has 0 N–H and O–H groups in total. The molecule has 0 aliphatic carbocycles. The van der Waals surface area contributed by atoms with Crippen LogP contribution in [0.25, 0.3) is 0 Å². The van der Waals surface area contributed by atoms with E-state index in [0.29, 0.717) is 45.0 Å². The number of nitrogens with zero attached hydrogens (tertiary/aromatic N) is 2. The van der Waals surface area contributed by atoms with Crippen molar-refractivity contribution in [2.24, 2.45) is 0 Å². The lowest BCUT2D eigenvalue weighted by molar-refractivity contribution is -0.0933. The van der Waals surface area contributed by atoms with Gasteiger partial charge in [-0.15, -0.1) is 0 Å². The van der Waals surface area contributed by atoms with Gasteiger partial charge in [-0.05, 0) is 24.6 Å². The molecule has 132 valence electrons. The largest absolute Gasteiger partial charge is 0.376 e. The minimum Gasteiger partial charge on any atom is -0.376 e. The Morgan fingerprint density at radius 1 is 1.33 bits per heavy atom. The molecule has 7 nitrogen and oxygen atoms in total. The molecule has 1 unspecified atom stereocenters. The zero-order chi connectivity index (χ0) is 17.2. The van der Waals surface area contributed by atoms with E-state index in [2.05, 4.69) is 0 Å². The second-order valence-corrected chi connectivity index (χ2v) is 7.98. The third-order valence-corrected chi connectivity index (χ3v) is 6.14. The van der Waals surface area contributed by atoms with Gasteiger partial charge in [-0.3, -0.25) is 4.79 Å². The van der Waals surface area contributed by atoms with Crippen LogP contribution in [0.5, 0.6) is 0 Å². The van der Waals surface area contributed by atoms with Crippen LogP contribution in [-0.4, -0.2) is 76.1 Å². The second-order valence-electron chi connectivity index (χ2n) is 6.04. The number of carbonyl (C=O) groups excluding carboxylic acids is 1. The van der Waals surface area contributed by atoms with Gasteiger partial charge < -0.3 is 14.4 Å². The molecule has 0 bridgehead atoms. The highest BCUT2D eigenvalue weighted by atomic mass is 32.2. The van der Waals surface area contributed by atoms with Gasteiger partial charge in [0.1, 0.15) is 0 Å². The Kier molecular flexibility index (Phi) is 5.19. The van der Waals surface area contributed by atoms with E-state index in [1.807, 2.05) is 0 Å². The number of carbonyl (C=O) groups is 1. The molecule has 1 amide bonds. The highest BCUT2D eigenvalue weighted by Crippen LogP contribution is 2.22. The van der Waals surface area contributed by atoms with E-state index in [1.165, 1.54) is 21.3 Å². The molecule has 0 radical (unpaired) electrons. The van der Waals surface area contributed by atoms with Crippen molar-refractivity contribution in [1.82, 2.24) is 9.21 Å². The zero-order valence-corrected chi connectivity index (χ0v) is 14.5. The van der Waals surface area contributed by atoms with Crippen LogP contribution in [0.15, 0.2) is 29.2 Å². The summed E-state index contributed by atoms with van der Waals surface area (Å²) in [7, 11) is -1.82. The molecule has 8 heteroatoms. The fraction of sp³-hybridized carbons (Fsp3) is 0.562. The average Bonchev–Trinajstić information content (AvgIpc) is 2.53. The molecule has 1 aromatic carbocycles. The summed E-state index contributed by atoms with van der Waals surface area (Å²) in [5, 5.41) is 0. The molecule has 2 aliphatic heterocycles. The van der Waals surface area contributed by atoms with Crippen LogP contribution >= 0.6 is 0 Å². The number of hydrogen-bond acceptors (Lipinski definition) is 5. The minimum absolute atomic E-state index is 0.152. The number of ether oxygens (including phenoxy) is 2. The summed E-state index contributed by atoms with van der Waals surface area (Å²) in [6, 6.07) is 6.22. The molecule has 2 aliphatic rings. The molecule has 2 saturated heterocycles. The van der Waals surface area contributed by atoms with Crippen molar-refractivity contribution < 1.29 is 22.7 Å². The lowest BCUT2D eigenvalue weighted by Gasteiger charge is -2.30. The maximum absolute atomic E-state index is 12.6. The number of likely N-dealkylation sites (N-methyl/N-ethyl adjacent to an activating group) is 1. The molecule has 0 spiro atoms. The predicted molar refractivity (Wildman–Crippen MR) is 87.3 cm³/mol. The van der Waals surface area contributed by atoms with Crippen LogP contribution in [0.2, 0.25) is 0 Å². The van der Waals surface area contributed by atoms with E-state index >= 15 is 0 Å². The summed E-state index contributed by atoms with van der Waals surface area (Å²) in [5.41, 5.74) is 0.357. The fourth-order valence-electron chi connectivity index (χ4n) is 2.72. The summed E-state index contributed by atoms with van der Waals surface area (Å²) < 4.78 is 37.2. The van der Waals surface area contributed by atoms with Crippen molar-refractivity contribution in [1.29, 1.82) is 0 Å². The average molecular weight is 354 g/mol. The fourth-order valence-corrected chi connectivity index (χ4v) is 4.28. The second kappa shape index (κ2) is 7.18. The highest BCUT2D eigenvalue weighted by molar-refractivity contribution is 7.89. The molecule has 1 aromatic rings. The lowest BCUT2D eigenvalue weighted by atomic mass is 10.2. The Bertz CT molecular complexity index is 696. The number of benzene rings is 1. The Morgan fingerprint density at radius 2 is 2.12 bits per heavy atom. The minimum atomic E-state index is -3.49.